The molecule has 1 aliphatic rings. The lowest BCUT2D eigenvalue weighted by Crippen LogP contribution is -2.41. The second-order valence-corrected chi connectivity index (χ2v) is 7.29. The van der Waals surface area contributed by atoms with E-state index in [4.69, 9.17) is 4.74 Å². The van der Waals surface area contributed by atoms with E-state index < -0.39 is 0 Å². The summed E-state index contributed by atoms with van der Waals surface area (Å²) in [5.74, 6) is 1.46. The van der Waals surface area contributed by atoms with Gasteiger partial charge in [-0.2, -0.15) is 5.26 Å². The van der Waals surface area contributed by atoms with Crippen molar-refractivity contribution in [1.82, 2.24) is 5.32 Å². The van der Waals surface area contributed by atoms with Gasteiger partial charge >= 0.3 is 0 Å². The number of hydrogen-bond acceptors (Lipinski definition) is 3. The van der Waals surface area contributed by atoms with Gasteiger partial charge in [-0.1, -0.05) is 45.7 Å². The Morgan fingerprint density at radius 3 is 2.60 bits per heavy atom. The summed E-state index contributed by atoms with van der Waals surface area (Å²) in [6, 6.07) is 9.66. The highest BCUT2D eigenvalue weighted by atomic mass is 16.5. The van der Waals surface area contributed by atoms with E-state index in [0.29, 0.717) is 18.4 Å². The summed E-state index contributed by atoms with van der Waals surface area (Å²) in [5, 5.41) is 12.4. The summed E-state index contributed by atoms with van der Waals surface area (Å²) in [4.78, 5) is 12.4. The van der Waals surface area contributed by atoms with Crippen molar-refractivity contribution < 1.29 is 9.53 Å². The zero-order chi connectivity index (χ0) is 18.2. The number of nitrogens with one attached hydrogen (secondary N) is 1. The molecule has 4 heteroatoms. The van der Waals surface area contributed by atoms with Gasteiger partial charge in [-0.15, -0.1) is 0 Å². The van der Waals surface area contributed by atoms with Gasteiger partial charge in [0.2, 0.25) is 0 Å². The zero-order valence-electron chi connectivity index (χ0n) is 15.4. The molecule has 0 spiro atoms. The molecule has 2 rings (SSSR count). The molecule has 1 aliphatic carbocycles. The molecule has 0 heterocycles. The highest BCUT2D eigenvalue weighted by Gasteiger charge is 2.23. The maximum Gasteiger partial charge on any atom is 0.262 e. The SMILES string of the molecule is CC(C)COc1ccc(/C=C(\C#N)C(=O)N[C@H]2CCCC[C@@H]2C)cc1. The van der Waals surface area contributed by atoms with E-state index in [1.165, 1.54) is 6.42 Å². The molecule has 1 aromatic rings. The van der Waals surface area contributed by atoms with Crippen LogP contribution >= 0.6 is 0 Å². The van der Waals surface area contributed by atoms with Crippen molar-refractivity contribution in [1.29, 1.82) is 5.26 Å². The summed E-state index contributed by atoms with van der Waals surface area (Å²) in [6.07, 6.45) is 6.12. The second kappa shape index (κ2) is 9.27. The first kappa shape index (κ1) is 19.1. The highest BCUT2D eigenvalue weighted by Crippen LogP contribution is 2.24. The van der Waals surface area contributed by atoms with Gasteiger partial charge in [0.05, 0.1) is 6.61 Å². The molecule has 0 aromatic heterocycles. The molecule has 1 N–H and O–H groups in total. The van der Waals surface area contributed by atoms with Crippen LogP contribution in [-0.2, 0) is 4.79 Å². The minimum Gasteiger partial charge on any atom is -0.493 e. The fraction of sp³-hybridized carbons (Fsp3) is 0.524. The summed E-state index contributed by atoms with van der Waals surface area (Å²) < 4.78 is 5.65. The van der Waals surface area contributed by atoms with Gasteiger partial charge in [-0.25, -0.2) is 0 Å². The summed E-state index contributed by atoms with van der Waals surface area (Å²) in [5.41, 5.74) is 0.967. The number of carbonyl (C=O) groups excluding carboxylic acids is 1. The first-order valence-corrected chi connectivity index (χ1v) is 9.15. The highest BCUT2D eigenvalue weighted by molar-refractivity contribution is 6.01. The molecule has 1 fully saturated rings. The lowest BCUT2D eigenvalue weighted by Gasteiger charge is -2.29. The van der Waals surface area contributed by atoms with Crippen LogP contribution < -0.4 is 10.1 Å². The fourth-order valence-electron chi connectivity index (χ4n) is 3.02. The monoisotopic (exact) mass is 340 g/mol. The summed E-state index contributed by atoms with van der Waals surface area (Å²) in [6.45, 7) is 7.03. The Labute approximate surface area is 150 Å². The lowest BCUT2D eigenvalue weighted by atomic mass is 9.86. The lowest BCUT2D eigenvalue weighted by molar-refractivity contribution is -0.118. The van der Waals surface area contributed by atoms with Crippen molar-refractivity contribution in [3.8, 4) is 11.8 Å². The number of nitrogens with zero attached hydrogens (tertiary/aromatic N) is 1. The Balaban J connectivity index is 2.01. The summed E-state index contributed by atoms with van der Waals surface area (Å²) >= 11 is 0. The smallest absolute Gasteiger partial charge is 0.262 e. The quantitative estimate of drug-likeness (QED) is 0.619. The van der Waals surface area contributed by atoms with Crippen LogP contribution in [0.3, 0.4) is 0 Å². The molecular weight excluding hydrogens is 312 g/mol. The fourth-order valence-corrected chi connectivity index (χ4v) is 3.02. The second-order valence-electron chi connectivity index (χ2n) is 7.29. The van der Waals surface area contributed by atoms with E-state index in [9.17, 15) is 10.1 Å². The van der Waals surface area contributed by atoms with Crippen LogP contribution in [-0.4, -0.2) is 18.6 Å². The molecule has 25 heavy (non-hydrogen) atoms. The maximum absolute atomic E-state index is 12.4. The van der Waals surface area contributed by atoms with E-state index in [-0.39, 0.29) is 17.5 Å². The van der Waals surface area contributed by atoms with Gasteiger partial charge in [-0.3, -0.25) is 4.79 Å². The molecule has 2 atom stereocenters. The average molecular weight is 340 g/mol. The van der Waals surface area contributed by atoms with Crippen LogP contribution in [0.2, 0.25) is 0 Å². The molecule has 1 saturated carbocycles. The van der Waals surface area contributed by atoms with E-state index in [1.807, 2.05) is 30.3 Å². The molecule has 0 bridgehead atoms. The number of nitriles is 1. The maximum atomic E-state index is 12.4. The zero-order valence-corrected chi connectivity index (χ0v) is 15.4. The molecule has 0 unspecified atom stereocenters. The van der Waals surface area contributed by atoms with Gasteiger partial charge in [0.15, 0.2) is 0 Å². The average Bonchev–Trinajstić information content (AvgIpc) is 2.60. The van der Waals surface area contributed by atoms with E-state index >= 15 is 0 Å². The number of ether oxygens (including phenoxy) is 1. The first-order valence-electron chi connectivity index (χ1n) is 9.15. The van der Waals surface area contributed by atoms with Crippen molar-refractivity contribution in [3.63, 3.8) is 0 Å². The number of amides is 1. The largest absolute Gasteiger partial charge is 0.493 e. The number of hydrogen-bond donors (Lipinski definition) is 1. The van der Waals surface area contributed by atoms with Crippen LogP contribution in [0, 0.1) is 23.2 Å². The topological polar surface area (TPSA) is 62.1 Å². The molecular formula is C21H28N2O2. The summed E-state index contributed by atoms with van der Waals surface area (Å²) in [7, 11) is 0. The Bertz CT molecular complexity index is 641. The van der Waals surface area contributed by atoms with Crippen LogP contribution in [0.25, 0.3) is 6.08 Å². The van der Waals surface area contributed by atoms with Gasteiger partial charge in [0.1, 0.15) is 17.4 Å². The third kappa shape index (κ3) is 5.94. The predicted molar refractivity (Wildman–Crippen MR) is 99.9 cm³/mol. The third-order valence-corrected chi connectivity index (χ3v) is 4.57. The van der Waals surface area contributed by atoms with Crippen LogP contribution in [0.5, 0.6) is 5.75 Å². The van der Waals surface area contributed by atoms with E-state index in [2.05, 4.69) is 26.1 Å². The Morgan fingerprint density at radius 1 is 1.32 bits per heavy atom. The molecule has 134 valence electrons. The molecule has 0 saturated heterocycles. The van der Waals surface area contributed by atoms with Crippen molar-refractivity contribution in [2.75, 3.05) is 6.61 Å². The molecule has 0 aliphatic heterocycles. The Kier molecular flexibility index (Phi) is 7.06. The van der Waals surface area contributed by atoms with Gasteiger partial charge in [0, 0.05) is 6.04 Å². The van der Waals surface area contributed by atoms with E-state index in [0.717, 1.165) is 30.6 Å². The van der Waals surface area contributed by atoms with Crippen molar-refractivity contribution in [3.05, 3.63) is 35.4 Å². The van der Waals surface area contributed by atoms with Crippen LogP contribution in [0.4, 0.5) is 0 Å². The molecule has 1 amide bonds. The normalized spacial score (nSPS) is 20.8. The first-order chi connectivity index (χ1) is 12.0. The van der Waals surface area contributed by atoms with Crippen molar-refractivity contribution in [2.45, 2.75) is 52.5 Å². The standard InChI is InChI=1S/C21H28N2O2/c1-15(2)14-25-19-10-8-17(9-11-19)12-18(13-22)21(24)23-20-7-5-4-6-16(20)3/h8-12,15-16,20H,4-7,14H2,1-3H3,(H,23,24)/b18-12+/t16-,20-/m0/s1. The predicted octanol–water partition coefficient (Wildman–Crippen LogP) is 4.32. The minimum absolute atomic E-state index is 0.147. The van der Waals surface area contributed by atoms with E-state index in [1.54, 1.807) is 6.08 Å². The number of rotatable bonds is 6. The van der Waals surface area contributed by atoms with Crippen molar-refractivity contribution >= 4 is 12.0 Å². The Hall–Kier alpha value is -2.28. The minimum atomic E-state index is -0.276. The van der Waals surface area contributed by atoms with Gasteiger partial charge < -0.3 is 10.1 Å². The third-order valence-electron chi connectivity index (χ3n) is 4.57. The van der Waals surface area contributed by atoms with Gasteiger partial charge in [-0.05, 0) is 48.4 Å². The molecule has 0 radical (unpaired) electrons. The molecule has 4 nitrogen and oxygen atoms in total. The Morgan fingerprint density at radius 2 is 2.00 bits per heavy atom. The number of benzene rings is 1. The molecule has 1 aromatic carbocycles. The van der Waals surface area contributed by atoms with Gasteiger partial charge in [0.25, 0.3) is 5.91 Å². The van der Waals surface area contributed by atoms with Crippen LogP contribution in [0.15, 0.2) is 29.8 Å². The van der Waals surface area contributed by atoms with Crippen molar-refractivity contribution in [2.24, 2.45) is 11.8 Å². The number of carbonyl (C=O) groups is 1. The van der Waals surface area contributed by atoms with Crippen LogP contribution in [0.1, 0.15) is 52.0 Å².